The van der Waals surface area contributed by atoms with Gasteiger partial charge in [-0.3, -0.25) is 14.5 Å². The van der Waals surface area contributed by atoms with Gasteiger partial charge in [-0.25, -0.2) is 0 Å². The molecule has 4 rings (SSSR count). The standard InChI is InChI=1S/C29H28N2O4S2/c1-5-34-25-15-21(16-26-28(33)31(29(36)37-26)23-11-6-18(2)7-12-23)9-13-24(25)35-17-27(32)30-22-10-8-19(3)20(4)14-22/h6-16H,5,17H2,1-4H3,(H,30,32)/b26-16-. The fraction of sp³-hybridized carbons (Fsp3) is 0.207. The molecule has 3 aromatic rings. The number of benzene rings is 3. The number of rotatable bonds is 8. The van der Waals surface area contributed by atoms with E-state index in [-0.39, 0.29) is 18.4 Å². The molecule has 0 aromatic heterocycles. The highest BCUT2D eigenvalue weighted by molar-refractivity contribution is 8.27. The molecular formula is C29H28N2O4S2. The molecule has 1 saturated heterocycles. The molecule has 0 radical (unpaired) electrons. The highest BCUT2D eigenvalue weighted by Gasteiger charge is 2.33. The Morgan fingerprint density at radius 1 is 0.973 bits per heavy atom. The van der Waals surface area contributed by atoms with Crippen molar-refractivity contribution in [1.29, 1.82) is 0 Å². The first-order chi connectivity index (χ1) is 17.7. The zero-order chi connectivity index (χ0) is 26.5. The number of carbonyl (C=O) groups excluding carboxylic acids is 2. The van der Waals surface area contributed by atoms with Gasteiger partial charge in [-0.15, -0.1) is 0 Å². The number of ether oxygens (including phenoxy) is 2. The second kappa shape index (κ2) is 11.6. The van der Waals surface area contributed by atoms with Gasteiger partial charge in [0, 0.05) is 5.69 Å². The molecule has 0 bridgehead atoms. The Balaban J connectivity index is 1.46. The average molecular weight is 533 g/mol. The topological polar surface area (TPSA) is 67.9 Å². The number of hydrogen-bond acceptors (Lipinski definition) is 6. The Morgan fingerprint density at radius 2 is 1.73 bits per heavy atom. The monoisotopic (exact) mass is 532 g/mol. The predicted octanol–water partition coefficient (Wildman–Crippen LogP) is 6.43. The van der Waals surface area contributed by atoms with Gasteiger partial charge in [0.15, 0.2) is 22.4 Å². The van der Waals surface area contributed by atoms with Crippen molar-refractivity contribution in [3.63, 3.8) is 0 Å². The predicted molar refractivity (Wildman–Crippen MR) is 154 cm³/mol. The van der Waals surface area contributed by atoms with Gasteiger partial charge in [0.25, 0.3) is 11.8 Å². The summed E-state index contributed by atoms with van der Waals surface area (Å²) in [5, 5.41) is 2.85. The van der Waals surface area contributed by atoms with Crippen LogP contribution in [-0.2, 0) is 9.59 Å². The molecular weight excluding hydrogens is 504 g/mol. The smallest absolute Gasteiger partial charge is 0.270 e. The fourth-order valence-electron chi connectivity index (χ4n) is 3.70. The van der Waals surface area contributed by atoms with Crippen LogP contribution in [-0.4, -0.2) is 29.3 Å². The summed E-state index contributed by atoms with van der Waals surface area (Å²) in [6.07, 6.45) is 1.78. The molecule has 0 unspecified atom stereocenters. The highest BCUT2D eigenvalue weighted by atomic mass is 32.2. The van der Waals surface area contributed by atoms with Gasteiger partial charge in [0.1, 0.15) is 0 Å². The molecule has 1 heterocycles. The number of anilines is 2. The SMILES string of the molecule is CCOc1cc(/C=C2\SC(=S)N(c3ccc(C)cc3)C2=O)ccc1OCC(=O)Nc1ccc(C)c(C)c1. The summed E-state index contributed by atoms with van der Waals surface area (Å²) in [5.74, 6) is 0.500. The molecule has 190 valence electrons. The first-order valence-corrected chi connectivity index (χ1v) is 13.1. The van der Waals surface area contributed by atoms with E-state index in [0.717, 1.165) is 33.6 Å². The van der Waals surface area contributed by atoms with E-state index in [1.54, 1.807) is 23.1 Å². The van der Waals surface area contributed by atoms with E-state index in [9.17, 15) is 9.59 Å². The largest absolute Gasteiger partial charge is 0.490 e. The Morgan fingerprint density at radius 3 is 2.43 bits per heavy atom. The Bertz CT molecular complexity index is 1380. The van der Waals surface area contributed by atoms with Crippen molar-refractivity contribution in [3.8, 4) is 11.5 Å². The van der Waals surface area contributed by atoms with Crippen LogP contribution in [0.1, 0.15) is 29.2 Å². The Kier molecular flexibility index (Phi) is 8.31. The van der Waals surface area contributed by atoms with Gasteiger partial charge in [-0.2, -0.15) is 0 Å². The lowest BCUT2D eigenvalue weighted by atomic mass is 10.1. The molecule has 1 aliphatic heterocycles. The number of thiocarbonyl (C=S) groups is 1. The maximum absolute atomic E-state index is 13.1. The van der Waals surface area contributed by atoms with E-state index in [2.05, 4.69) is 5.32 Å². The summed E-state index contributed by atoms with van der Waals surface area (Å²) in [6.45, 7) is 8.14. The average Bonchev–Trinajstić information content (AvgIpc) is 3.14. The van der Waals surface area contributed by atoms with Crippen LogP contribution in [0.5, 0.6) is 11.5 Å². The molecule has 37 heavy (non-hydrogen) atoms. The van der Waals surface area contributed by atoms with E-state index in [1.807, 2.05) is 76.2 Å². The lowest BCUT2D eigenvalue weighted by molar-refractivity contribution is -0.118. The van der Waals surface area contributed by atoms with E-state index in [1.165, 1.54) is 11.8 Å². The minimum Gasteiger partial charge on any atom is -0.490 e. The molecule has 1 N–H and O–H groups in total. The van der Waals surface area contributed by atoms with Crippen LogP contribution < -0.4 is 19.7 Å². The number of hydrogen-bond donors (Lipinski definition) is 1. The molecule has 0 atom stereocenters. The van der Waals surface area contributed by atoms with Gasteiger partial charge >= 0.3 is 0 Å². The third kappa shape index (κ3) is 6.39. The number of nitrogens with one attached hydrogen (secondary N) is 1. The first-order valence-electron chi connectivity index (χ1n) is 11.9. The van der Waals surface area contributed by atoms with E-state index < -0.39 is 0 Å². The lowest BCUT2D eigenvalue weighted by Gasteiger charge is -2.14. The minimum absolute atomic E-state index is 0.165. The highest BCUT2D eigenvalue weighted by Crippen LogP contribution is 2.37. The second-order valence-corrected chi connectivity index (χ2v) is 10.3. The third-order valence-corrected chi connectivity index (χ3v) is 7.10. The van der Waals surface area contributed by atoms with Crippen LogP contribution in [0.2, 0.25) is 0 Å². The molecule has 1 aliphatic rings. The van der Waals surface area contributed by atoms with Gasteiger partial charge in [0.05, 0.1) is 17.2 Å². The lowest BCUT2D eigenvalue weighted by Crippen LogP contribution is -2.27. The third-order valence-electron chi connectivity index (χ3n) is 5.80. The quantitative estimate of drug-likeness (QED) is 0.266. The molecule has 3 aromatic carbocycles. The van der Waals surface area contributed by atoms with Crippen molar-refractivity contribution < 1.29 is 19.1 Å². The Hall–Kier alpha value is -3.62. The number of nitrogens with zero attached hydrogens (tertiary/aromatic N) is 1. The van der Waals surface area contributed by atoms with Crippen LogP contribution in [0.3, 0.4) is 0 Å². The van der Waals surface area contributed by atoms with Crippen molar-refractivity contribution in [2.45, 2.75) is 27.7 Å². The summed E-state index contributed by atoms with van der Waals surface area (Å²) < 4.78 is 12.0. The van der Waals surface area contributed by atoms with Crippen molar-refractivity contribution in [3.05, 3.63) is 87.8 Å². The summed E-state index contributed by atoms with van der Waals surface area (Å²) in [6, 6.07) is 18.8. The molecule has 2 amide bonds. The van der Waals surface area contributed by atoms with Gasteiger partial charge < -0.3 is 14.8 Å². The van der Waals surface area contributed by atoms with Crippen LogP contribution in [0, 0.1) is 20.8 Å². The van der Waals surface area contributed by atoms with Crippen LogP contribution in [0.15, 0.2) is 65.6 Å². The zero-order valence-electron chi connectivity index (χ0n) is 21.2. The molecule has 6 nitrogen and oxygen atoms in total. The second-order valence-electron chi connectivity index (χ2n) is 8.63. The van der Waals surface area contributed by atoms with Crippen LogP contribution >= 0.6 is 24.0 Å². The van der Waals surface area contributed by atoms with E-state index in [4.69, 9.17) is 21.7 Å². The normalized spacial score (nSPS) is 14.3. The number of amides is 2. The van der Waals surface area contributed by atoms with Crippen molar-refractivity contribution in [1.82, 2.24) is 0 Å². The van der Waals surface area contributed by atoms with Crippen LogP contribution in [0.25, 0.3) is 6.08 Å². The van der Waals surface area contributed by atoms with Crippen LogP contribution in [0.4, 0.5) is 11.4 Å². The van der Waals surface area contributed by atoms with Crippen molar-refractivity contribution >= 4 is 57.6 Å². The minimum atomic E-state index is -0.269. The molecule has 8 heteroatoms. The number of aryl methyl sites for hydroxylation is 3. The maximum Gasteiger partial charge on any atom is 0.270 e. The van der Waals surface area contributed by atoms with E-state index in [0.29, 0.717) is 27.3 Å². The van der Waals surface area contributed by atoms with Crippen molar-refractivity contribution in [2.75, 3.05) is 23.4 Å². The van der Waals surface area contributed by atoms with Gasteiger partial charge in [0.2, 0.25) is 0 Å². The summed E-state index contributed by atoms with van der Waals surface area (Å²) in [4.78, 5) is 27.6. The fourth-order valence-corrected chi connectivity index (χ4v) is 5.00. The van der Waals surface area contributed by atoms with Crippen molar-refractivity contribution in [2.24, 2.45) is 0 Å². The molecule has 0 saturated carbocycles. The molecule has 0 aliphatic carbocycles. The summed E-state index contributed by atoms with van der Waals surface area (Å²) in [7, 11) is 0. The first kappa shape index (κ1) is 26.4. The number of thioether (sulfide) groups is 1. The maximum atomic E-state index is 13.1. The van der Waals surface area contributed by atoms with Gasteiger partial charge in [-0.05, 0) is 86.9 Å². The summed E-state index contributed by atoms with van der Waals surface area (Å²) in [5.41, 5.74) is 5.60. The molecule has 0 spiro atoms. The van der Waals surface area contributed by atoms with E-state index >= 15 is 0 Å². The Labute approximate surface area is 226 Å². The molecule has 1 fully saturated rings. The van der Waals surface area contributed by atoms with Gasteiger partial charge in [-0.1, -0.05) is 53.8 Å². The number of carbonyl (C=O) groups is 2. The zero-order valence-corrected chi connectivity index (χ0v) is 22.8. The summed E-state index contributed by atoms with van der Waals surface area (Å²) >= 11 is 6.74.